The van der Waals surface area contributed by atoms with E-state index in [0.29, 0.717) is 5.95 Å². The van der Waals surface area contributed by atoms with Crippen molar-refractivity contribution >= 4 is 23.2 Å². The summed E-state index contributed by atoms with van der Waals surface area (Å²) in [7, 11) is 0. The molecule has 1 aromatic heterocycles. The van der Waals surface area contributed by atoms with Gasteiger partial charge in [-0.1, -0.05) is 55.8 Å². The van der Waals surface area contributed by atoms with E-state index >= 15 is 0 Å². The van der Waals surface area contributed by atoms with Crippen LogP contribution in [0.4, 0.5) is 5.95 Å². The van der Waals surface area contributed by atoms with Gasteiger partial charge in [0.1, 0.15) is 5.75 Å². The third kappa shape index (κ3) is 4.72. The van der Waals surface area contributed by atoms with Crippen molar-refractivity contribution in [3.05, 3.63) is 90.0 Å². The van der Waals surface area contributed by atoms with Gasteiger partial charge < -0.3 is 9.30 Å². The van der Waals surface area contributed by atoms with E-state index in [0.717, 1.165) is 48.3 Å². The third-order valence-electron chi connectivity index (χ3n) is 4.79. The molecule has 1 heterocycles. The number of nitrogens with zero attached hydrogens (tertiary/aromatic N) is 3. The zero-order valence-electron chi connectivity index (χ0n) is 16.7. The summed E-state index contributed by atoms with van der Waals surface area (Å²) in [5.74, 6) is 1.60. The maximum absolute atomic E-state index is 5.73. The zero-order chi connectivity index (χ0) is 19.9. The Hall–Kier alpha value is -3.40. The van der Waals surface area contributed by atoms with Gasteiger partial charge in [0.05, 0.1) is 24.2 Å². The predicted molar refractivity (Wildman–Crippen MR) is 119 cm³/mol. The molecule has 146 valence electrons. The van der Waals surface area contributed by atoms with E-state index in [1.165, 1.54) is 5.56 Å². The molecule has 0 amide bonds. The minimum atomic E-state index is 0.707. The van der Waals surface area contributed by atoms with Crippen molar-refractivity contribution in [1.29, 1.82) is 0 Å². The fourth-order valence-corrected chi connectivity index (χ4v) is 3.20. The van der Waals surface area contributed by atoms with E-state index < -0.39 is 0 Å². The van der Waals surface area contributed by atoms with Crippen LogP contribution in [-0.4, -0.2) is 22.4 Å². The molecule has 0 atom stereocenters. The molecule has 4 aromatic rings. The number of aliphatic imine (C=N–C) groups is 1. The molecular weight excluding hydrogens is 358 g/mol. The molecular formula is C25H25N3O. The first-order chi connectivity index (χ1) is 14.3. The Labute approximate surface area is 171 Å². The van der Waals surface area contributed by atoms with Gasteiger partial charge in [-0.05, 0) is 53.9 Å². The second kappa shape index (κ2) is 9.20. The van der Waals surface area contributed by atoms with Crippen LogP contribution in [-0.2, 0) is 6.54 Å². The number of fused-ring (bicyclic) bond motifs is 1. The fourth-order valence-electron chi connectivity index (χ4n) is 3.20. The molecule has 0 N–H and O–H groups in total. The van der Waals surface area contributed by atoms with Gasteiger partial charge in [0.2, 0.25) is 5.95 Å². The van der Waals surface area contributed by atoms with Crippen molar-refractivity contribution in [3.8, 4) is 5.75 Å². The van der Waals surface area contributed by atoms with Crippen LogP contribution in [0, 0.1) is 0 Å². The molecule has 0 radical (unpaired) electrons. The van der Waals surface area contributed by atoms with E-state index in [-0.39, 0.29) is 0 Å². The van der Waals surface area contributed by atoms with E-state index in [9.17, 15) is 0 Å². The summed E-state index contributed by atoms with van der Waals surface area (Å²) in [4.78, 5) is 9.43. The maximum Gasteiger partial charge on any atom is 0.230 e. The van der Waals surface area contributed by atoms with Crippen molar-refractivity contribution in [3.63, 3.8) is 0 Å². The summed E-state index contributed by atoms with van der Waals surface area (Å²) in [5, 5.41) is 0. The lowest BCUT2D eigenvalue weighted by Crippen LogP contribution is -1.99. The van der Waals surface area contributed by atoms with E-state index in [1.54, 1.807) is 0 Å². The lowest BCUT2D eigenvalue weighted by atomic mass is 10.2. The van der Waals surface area contributed by atoms with Gasteiger partial charge in [-0.2, -0.15) is 0 Å². The van der Waals surface area contributed by atoms with Crippen LogP contribution in [0.15, 0.2) is 83.9 Å². The summed E-state index contributed by atoms with van der Waals surface area (Å²) in [6.45, 7) is 3.65. The Morgan fingerprint density at radius 1 is 0.931 bits per heavy atom. The number of unbranched alkanes of at least 4 members (excludes halogenated alkanes) is 1. The lowest BCUT2D eigenvalue weighted by molar-refractivity contribution is 0.309. The molecule has 3 aromatic carbocycles. The van der Waals surface area contributed by atoms with Crippen molar-refractivity contribution < 1.29 is 4.74 Å². The number of hydrogen-bond donors (Lipinski definition) is 0. The molecule has 4 nitrogen and oxygen atoms in total. The van der Waals surface area contributed by atoms with Crippen molar-refractivity contribution in [2.45, 2.75) is 26.3 Å². The first-order valence-corrected chi connectivity index (χ1v) is 10.1. The van der Waals surface area contributed by atoms with Gasteiger partial charge >= 0.3 is 0 Å². The van der Waals surface area contributed by atoms with Gasteiger partial charge in [-0.15, -0.1) is 0 Å². The predicted octanol–water partition coefficient (Wildman–Crippen LogP) is 6.01. The van der Waals surface area contributed by atoms with Crippen molar-refractivity contribution in [1.82, 2.24) is 9.55 Å². The number of aromatic nitrogens is 2. The third-order valence-corrected chi connectivity index (χ3v) is 4.79. The topological polar surface area (TPSA) is 39.4 Å². The average Bonchev–Trinajstić information content (AvgIpc) is 3.11. The molecule has 4 rings (SSSR count). The van der Waals surface area contributed by atoms with E-state index in [1.807, 2.05) is 54.7 Å². The smallest absolute Gasteiger partial charge is 0.230 e. The monoisotopic (exact) mass is 383 g/mol. The van der Waals surface area contributed by atoms with Gasteiger partial charge in [-0.25, -0.2) is 9.98 Å². The molecule has 4 heteroatoms. The Morgan fingerprint density at radius 2 is 1.69 bits per heavy atom. The number of imidazole rings is 1. The molecule has 29 heavy (non-hydrogen) atoms. The van der Waals surface area contributed by atoms with Gasteiger partial charge in [-0.3, -0.25) is 0 Å². The second-order valence-corrected chi connectivity index (χ2v) is 7.00. The number of para-hydroxylation sites is 2. The minimum absolute atomic E-state index is 0.707. The first-order valence-electron chi connectivity index (χ1n) is 10.1. The molecule has 0 fully saturated rings. The van der Waals surface area contributed by atoms with Crippen LogP contribution in [0.3, 0.4) is 0 Å². The summed E-state index contributed by atoms with van der Waals surface area (Å²) < 4.78 is 7.88. The van der Waals surface area contributed by atoms with Crippen LogP contribution in [0.5, 0.6) is 5.75 Å². The molecule has 0 aliphatic rings. The van der Waals surface area contributed by atoms with Crippen LogP contribution < -0.4 is 4.74 Å². The first kappa shape index (κ1) is 18.9. The molecule has 0 bridgehead atoms. The zero-order valence-corrected chi connectivity index (χ0v) is 16.7. The van der Waals surface area contributed by atoms with Gasteiger partial charge in [0, 0.05) is 6.21 Å². The molecule has 0 saturated carbocycles. The Morgan fingerprint density at radius 3 is 2.48 bits per heavy atom. The number of hydrogen-bond acceptors (Lipinski definition) is 3. The van der Waals surface area contributed by atoms with Crippen LogP contribution >= 0.6 is 0 Å². The normalized spacial score (nSPS) is 11.3. The Bertz CT molecular complexity index is 1080. The highest BCUT2D eigenvalue weighted by Gasteiger charge is 2.09. The fraction of sp³-hybridized carbons (Fsp3) is 0.200. The quantitative estimate of drug-likeness (QED) is 0.276. The van der Waals surface area contributed by atoms with Crippen molar-refractivity contribution in [2.75, 3.05) is 6.61 Å². The minimum Gasteiger partial charge on any atom is -0.494 e. The molecule has 0 aliphatic carbocycles. The number of benzene rings is 3. The molecule has 0 spiro atoms. The largest absolute Gasteiger partial charge is 0.494 e. The Kier molecular flexibility index (Phi) is 6.01. The maximum atomic E-state index is 5.73. The van der Waals surface area contributed by atoms with Crippen LogP contribution in [0.25, 0.3) is 11.0 Å². The lowest BCUT2D eigenvalue weighted by Gasteiger charge is -2.07. The van der Waals surface area contributed by atoms with Crippen LogP contribution in [0.1, 0.15) is 30.9 Å². The highest BCUT2D eigenvalue weighted by atomic mass is 16.5. The van der Waals surface area contributed by atoms with Gasteiger partial charge in [0.15, 0.2) is 0 Å². The van der Waals surface area contributed by atoms with E-state index in [2.05, 4.69) is 41.8 Å². The standard InChI is InChI=1S/C25H25N3O/c1-2-3-17-29-22-15-13-20(14-16-22)18-26-25-27-23-11-7-8-12-24(23)28(25)19-21-9-5-4-6-10-21/h4-16,18H,2-3,17,19H2,1H3/b26-18+. The van der Waals surface area contributed by atoms with Crippen molar-refractivity contribution in [2.24, 2.45) is 4.99 Å². The number of ether oxygens (including phenoxy) is 1. The summed E-state index contributed by atoms with van der Waals surface area (Å²) in [5.41, 5.74) is 4.28. The summed E-state index contributed by atoms with van der Waals surface area (Å²) >= 11 is 0. The second-order valence-electron chi connectivity index (χ2n) is 7.00. The summed E-state index contributed by atoms with van der Waals surface area (Å²) in [6.07, 6.45) is 4.06. The number of rotatable bonds is 8. The SMILES string of the molecule is CCCCOc1ccc(/C=N/c2nc3ccccc3n2Cc2ccccc2)cc1. The molecule has 0 unspecified atom stereocenters. The molecule has 0 saturated heterocycles. The summed E-state index contributed by atoms with van der Waals surface area (Å²) in [6, 6.07) is 26.6. The highest BCUT2D eigenvalue weighted by molar-refractivity contribution is 5.84. The molecule has 0 aliphatic heterocycles. The van der Waals surface area contributed by atoms with Crippen LogP contribution in [0.2, 0.25) is 0 Å². The van der Waals surface area contributed by atoms with Gasteiger partial charge in [0.25, 0.3) is 0 Å². The van der Waals surface area contributed by atoms with E-state index in [4.69, 9.17) is 14.7 Å². The Balaban J connectivity index is 1.58. The highest BCUT2D eigenvalue weighted by Crippen LogP contribution is 2.23. The average molecular weight is 383 g/mol.